The SMILES string of the molecule is CN(Cc1ccsc1)C(=O)C1CCN(c2cccc3c2C(=O)N(Cc2ccc(Cl)cc2)C3=O)CC1. The van der Waals surface area contributed by atoms with Crippen molar-refractivity contribution < 1.29 is 14.4 Å². The van der Waals surface area contributed by atoms with E-state index in [9.17, 15) is 14.4 Å². The molecular formula is C27H26ClN3O3S. The van der Waals surface area contributed by atoms with Gasteiger partial charge < -0.3 is 9.80 Å². The average molecular weight is 508 g/mol. The normalized spacial score (nSPS) is 16.1. The van der Waals surface area contributed by atoms with E-state index in [-0.39, 0.29) is 30.2 Å². The van der Waals surface area contributed by atoms with Crippen molar-refractivity contribution in [1.82, 2.24) is 9.80 Å². The summed E-state index contributed by atoms with van der Waals surface area (Å²) in [7, 11) is 1.86. The number of amides is 3. The summed E-state index contributed by atoms with van der Waals surface area (Å²) in [5, 5.41) is 4.70. The number of piperidine rings is 1. The topological polar surface area (TPSA) is 60.9 Å². The Kier molecular flexibility index (Phi) is 6.62. The van der Waals surface area contributed by atoms with Crippen LogP contribution in [0.5, 0.6) is 0 Å². The molecule has 5 rings (SSSR count). The fourth-order valence-corrected chi connectivity index (χ4v) is 5.69. The maximum absolute atomic E-state index is 13.3. The van der Waals surface area contributed by atoms with Crippen LogP contribution >= 0.6 is 22.9 Å². The van der Waals surface area contributed by atoms with Gasteiger partial charge in [-0.2, -0.15) is 11.3 Å². The van der Waals surface area contributed by atoms with E-state index in [2.05, 4.69) is 10.3 Å². The van der Waals surface area contributed by atoms with E-state index in [4.69, 9.17) is 11.6 Å². The predicted molar refractivity (Wildman–Crippen MR) is 138 cm³/mol. The fourth-order valence-electron chi connectivity index (χ4n) is 4.91. The molecule has 3 heterocycles. The number of nitrogens with zero attached hydrogens (tertiary/aromatic N) is 3. The van der Waals surface area contributed by atoms with Crippen LogP contribution in [0.3, 0.4) is 0 Å². The lowest BCUT2D eigenvalue weighted by atomic mass is 9.94. The molecule has 2 aliphatic rings. The first kappa shape index (κ1) is 23.6. The summed E-state index contributed by atoms with van der Waals surface area (Å²) in [6.45, 7) is 2.15. The van der Waals surface area contributed by atoms with Gasteiger partial charge in [0.1, 0.15) is 0 Å². The molecule has 0 aliphatic carbocycles. The number of thiophene rings is 1. The zero-order valence-corrected chi connectivity index (χ0v) is 21.0. The number of fused-ring (bicyclic) bond motifs is 1. The highest BCUT2D eigenvalue weighted by Gasteiger charge is 2.39. The third-order valence-corrected chi connectivity index (χ3v) is 7.78. The largest absolute Gasteiger partial charge is 0.371 e. The van der Waals surface area contributed by atoms with Gasteiger partial charge in [0.25, 0.3) is 11.8 Å². The van der Waals surface area contributed by atoms with Gasteiger partial charge in [-0.25, -0.2) is 0 Å². The van der Waals surface area contributed by atoms with Gasteiger partial charge in [-0.15, -0.1) is 0 Å². The molecule has 0 N–H and O–H groups in total. The van der Waals surface area contributed by atoms with Crippen molar-refractivity contribution in [3.63, 3.8) is 0 Å². The Hall–Kier alpha value is -3.16. The summed E-state index contributed by atoms with van der Waals surface area (Å²) in [4.78, 5) is 44.6. The third kappa shape index (κ3) is 4.70. The predicted octanol–water partition coefficient (Wildman–Crippen LogP) is 5.07. The number of anilines is 1. The molecule has 0 unspecified atom stereocenters. The Bertz CT molecular complexity index is 1250. The van der Waals surface area contributed by atoms with E-state index in [0.717, 1.165) is 16.8 Å². The molecule has 6 nitrogen and oxygen atoms in total. The zero-order valence-electron chi connectivity index (χ0n) is 19.4. The van der Waals surface area contributed by atoms with Crippen molar-refractivity contribution in [2.75, 3.05) is 25.0 Å². The van der Waals surface area contributed by atoms with Gasteiger partial charge in [0.2, 0.25) is 5.91 Å². The van der Waals surface area contributed by atoms with E-state index in [0.29, 0.717) is 48.6 Å². The molecule has 2 aliphatic heterocycles. The molecule has 3 aromatic rings. The van der Waals surface area contributed by atoms with Crippen LogP contribution in [0.25, 0.3) is 0 Å². The number of benzene rings is 2. The lowest BCUT2D eigenvalue weighted by molar-refractivity contribution is -0.135. The van der Waals surface area contributed by atoms with Crippen LogP contribution in [0.2, 0.25) is 5.02 Å². The Balaban J connectivity index is 1.27. The molecular weight excluding hydrogens is 482 g/mol. The van der Waals surface area contributed by atoms with Gasteiger partial charge in [0.05, 0.1) is 23.4 Å². The summed E-state index contributed by atoms with van der Waals surface area (Å²) >= 11 is 7.60. The monoisotopic (exact) mass is 507 g/mol. The Morgan fingerprint density at radius 3 is 2.46 bits per heavy atom. The van der Waals surface area contributed by atoms with Gasteiger partial charge in [0.15, 0.2) is 0 Å². The molecule has 0 spiro atoms. The number of halogens is 1. The molecule has 180 valence electrons. The minimum Gasteiger partial charge on any atom is -0.371 e. The van der Waals surface area contributed by atoms with Gasteiger partial charge >= 0.3 is 0 Å². The number of hydrogen-bond acceptors (Lipinski definition) is 5. The van der Waals surface area contributed by atoms with Crippen LogP contribution in [0, 0.1) is 5.92 Å². The maximum atomic E-state index is 13.3. The summed E-state index contributed by atoms with van der Waals surface area (Å²) < 4.78 is 0. The van der Waals surface area contributed by atoms with Crippen LogP contribution < -0.4 is 4.90 Å². The second-order valence-corrected chi connectivity index (χ2v) is 10.3. The van der Waals surface area contributed by atoms with Gasteiger partial charge in [-0.3, -0.25) is 19.3 Å². The molecule has 0 bridgehead atoms. The van der Waals surface area contributed by atoms with Crippen molar-refractivity contribution in [2.24, 2.45) is 5.92 Å². The number of hydrogen-bond donors (Lipinski definition) is 0. The molecule has 1 saturated heterocycles. The molecule has 35 heavy (non-hydrogen) atoms. The smallest absolute Gasteiger partial charge is 0.263 e. The number of imide groups is 1. The van der Waals surface area contributed by atoms with E-state index in [1.54, 1.807) is 34.4 Å². The van der Waals surface area contributed by atoms with Crippen molar-refractivity contribution in [3.05, 3.63) is 86.6 Å². The van der Waals surface area contributed by atoms with Crippen molar-refractivity contribution in [2.45, 2.75) is 25.9 Å². The Morgan fingerprint density at radius 2 is 1.77 bits per heavy atom. The first-order chi connectivity index (χ1) is 16.9. The molecule has 0 saturated carbocycles. The number of rotatable bonds is 6. The van der Waals surface area contributed by atoms with Crippen molar-refractivity contribution in [3.8, 4) is 0 Å². The van der Waals surface area contributed by atoms with Crippen LogP contribution in [0.4, 0.5) is 5.69 Å². The Morgan fingerprint density at radius 1 is 1.03 bits per heavy atom. The van der Waals surface area contributed by atoms with E-state index in [1.807, 2.05) is 42.8 Å². The van der Waals surface area contributed by atoms with Crippen molar-refractivity contribution in [1.29, 1.82) is 0 Å². The van der Waals surface area contributed by atoms with Crippen LogP contribution in [-0.4, -0.2) is 47.7 Å². The lowest BCUT2D eigenvalue weighted by Crippen LogP contribution is -2.41. The van der Waals surface area contributed by atoms with Crippen LogP contribution in [0.1, 0.15) is 44.7 Å². The standard InChI is InChI=1S/C27H26ClN3O3S/c1-29(15-19-11-14-35-17-19)25(32)20-9-12-30(13-10-20)23-4-2-3-22-24(23)27(34)31(26(22)33)16-18-5-7-21(28)8-6-18/h2-8,11,14,17,20H,9-10,12-13,15-16H2,1H3. The van der Waals surface area contributed by atoms with E-state index >= 15 is 0 Å². The maximum Gasteiger partial charge on any atom is 0.263 e. The summed E-state index contributed by atoms with van der Waals surface area (Å²) in [6, 6.07) is 14.7. The highest BCUT2D eigenvalue weighted by molar-refractivity contribution is 7.07. The zero-order chi connectivity index (χ0) is 24.5. The van der Waals surface area contributed by atoms with Gasteiger partial charge in [0, 0.05) is 37.6 Å². The van der Waals surface area contributed by atoms with E-state index in [1.165, 1.54) is 4.90 Å². The van der Waals surface area contributed by atoms with Crippen LogP contribution in [0.15, 0.2) is 59.3 Å². The third-order valence-electron chi connectivity index (χ3n) is 6.79. The quantitative estimate of drug-likeness (QED) is 0.437. The van der Waals surface area contributed by atoms with Crippen LogP contribution in [-0.2, 0) is 17.9 Å². The van der Waals surface area contributed by atoms with Crippen molar-refractivity contribution >= 4 is 46.3 Å². The number of carbonyl (C=O) groups is 3. The molecule has 8 heteroatoms. The molecule has 0 radical (unpaired) electrons. The average Bonchev–Trinajstić information content (AvgIpc) is 3.47. The van der Waals surface area contributed by atoms with Gasteiger partial charge in [-0.05, 0) is 65.1 Å². The van der Waals surface area contributed by atoms with E-state index < -0.39 is 0 Å². The summed E-state index contributed by atoms with van der Waals surface area (Å²) in [5.74, 6) is -0.425. The summed E-state index contributed by atoms with van der Waals surface area (Å²) in [5.41, 5.74) is 3.67. The molecule has 1 fully saturated rings. The first-order valence-corrected chi connectivity index (χ1v) is 13.0. The fraction of sp³-hybridized carbons (Fsp3) is 0.296. The summed E-state index contributed by atoms with van der Waals surface area (Å²) in [6.07, 6.45) is 1.43. The molecule has 1 aromatic heterocycles. The molecule has 2 aromatic carbocycles. The second kappa shape index (κ2) is 9.84. The highest BCUT2D eigenvalue weighted by atomic mass is 35.5. The lowest BCUT2D eigenvalue weighted by Gasteiger charge is -2.35. The minimum atomic E-state index is -0.276. The highest BCUT2D eigenvalue weighted by Crippen LogP contribution is 2.35. The first-order valence-electron chi connectivity index (χ1n) is 11.7. The number of carbonyl (C=O) groups excluding carboxylic acids is 3. The molecule has 0 atom stereocenters. The Labute approximate surface area is 213 Å². The van der Waals surface area contributed by atoms with Gasteiger partial charge in [-0.1, -0.05) is 29.8 Å². The second-order valence-electron chi connectivity index (χ2n) is 9.11. The molecule has 3 amide bonds. The minimum absolute atomic E-state index is 0.0367.